The SMILES string of the molecule is CCNC(=NCc1ccc(C(=O)N2CCNC(=O)C2)cc1)NCc1ccccc1OC.I. The van der Waals surface area contributed by atoms with Crippen LogP contribution in [0, 0.1) is 0 Å². The maximum absolute atomic E-state index is 12.6. The summed E-state index contributed by atoms with van der Waals surface area (Å²) in [5.41, 5.74) is 2.61. The topological polar surface area (TPSA) is 95.1 Å². The lowest BCUT2D eigenvalue weighted by Crippen LogP contribution is -2.49. The minimum absolute atomic E-state index is 0. The second kappa shape index (κ2) is 12.9. The fourth-order valence-electron chi connectivity index (χ4n) is 3.29. The van der Waals surface area contributed by atoms with Crippen LogP contribution in [-0.2, 0) is 17.9 Å². The molecule has 0 aromatic heterocycles. The van der Waals surface area contributed by atoms with Gasteiger partial charge in [0.05, 0.1) is 20.2 Å². The van der Waals surface area contributed by atoms with Crippen molar-refractivity contribution in [2.75, 3.05) is 33.3 Å². The monoisotopic (exact) mass is 551 g/mol. The van der Waals surface area contributed by atoms with Crippen LogP contribution in [0.15, 0.2) is 53.5 Å². The van der Waals surface area contributed by atoms with Crippen molar-refractivity contribution in [2.45, 2.75) is 20.0 Å². The summed E-state index contributed by atoms with van der Waals surface area (Å²) in [6, 6.07) is 15.2. The predicted octanol–water partition coefficient (Wildman–Crippen LogP) is 2.14. The van der Waals surface area contributed by atoms with Gasteiger partial charge in [0.2, 0.25) is 5.91 Å². The van der Waals surface area contributed by atoms with Crippen LogP contribution in [0.3, 0.4) is 0 Å². The molecular weight excluding hydrogens is 521 g/mol. The molecule has 0 radical (unpaired) electrons. The van der Waals surface area contributed by atoms with Gasteiger partial charge in [-0.05, 0) is 30.7 Å². The summed E-state index contributed by atoms with van der Waals surface area (Å²) in [5.74, 6) is 1.28. The van der Waals surface area contributed by atoms with E-state index in [0.29, 0.717) is 37.7 Å². The van der Waals surface area contributed by atoms with Gasteiger partial charge in [-0.2, -0.15) is 0 Å². The number of piperazine rings is 1. The van der Waals surface area contributed by atoms with Crippen molar-refractivity contribution in [1.29, 1.82) is 0 Å². The molecule has 9 heteroatoms. The van der Waals surface area contributed by atoms with Gasteiger partial charge in [0.25, 0.3) is 5.91 Å². The van der Waals surface area contributed by atoms with E-state index in [4.69, 9.17) is 4.74 Å². The number of nitrogens with one attached hydrogen (secondary N) is 3. The lowest BCUT2D eigenvalue weighted by molar-refractivity contribution is -0.123. The fourth-order valence-corrected chi connectivity index (χ4v) is 3.29. The number of methoxy groups -OCH3 is 1. The second-order valence-corrected chi connectivity index (χ2v) is 7.13. The van der Waals surface area contributed by atoms with Gasteiger partial charge in [-0.25, -0.2) is 4.99 Å². The highest BCUT2D eigenvalue weighted by Crippen LogP contribution is 2.16. The van der Waals surface area contributed by atoms with Crippen LogP contribution in [0.1, 0.15) is 28.4 Å². The van der Waals surface area contributed by atoms with Crippen molar-refractivity contribution in [3.8, 4) is 5.75 Å². The highest BCUT2D eigenvalue weighted by Gasteiger charge is 2.22. The molecule has 32 heavy (non-hydrogen) atoms. The summed E-state index contributed by atoms with van der Waals surface area (Å²) in [5, 5.41) is 9.28. The van der Waals surface area contributed by atoms with Gasteiger partial charge in [0, 0.05) is 37.3 Å². The van der Waals surface area contributed by atoms with Crippen molar-refractivity contribution >= 4 is 41.8 Å². The van der Waals surface area contributed by atoms with Gasteiger partial charge in [0.15, 0.2) is 5.96 Å². The van der Waals surface area contributed by atoms with E-state index >= 15 is 0 Å². The van der Waals surface area contributed by atoms with Crippen LogP contribution in [0.25, 0.3) is 0 Å². The Labute approximate surface area is 205 Å². The second-order valence-electron chi connectivity index (χ2n) is 7.13. The molecule has 3 N–H and O–H groups in total. The highest BCUT2D eigenvalue weighted by atomic mass is 127. The smallest absolute Gasteiger partial charge is 0.254 e. The molecule has 1 aliphatic heterocycles. The zero-order valence-corrected chi connectivity index (χ0v) is 20.7. The summed E-state index contributed by atoms with van der Waals surface area (Å²) >= 11 is 0. The number of hydrogen-bond acceptors (Lipinski definition) is 4. The molecule has 0 saturated carbocycles. The van der Waals surface area contributed by atoms with Crippen molar-refractivity contribution in [3.05, 3.63) is 65.2 Å². The van der Waals surface area contributed by atoms with Crippen molar-refractivity contribution in [2.24, 2.45) is 4.99 Å². The Morgan fingerprint density at radius 2 is 1.91 bits per heavy atom. The van der Waals surface area contributed by atoms with Crippen LogP contribution in [-0.4, -0.2) is 56.0 Å². The van der Waals surface area contributed by atoms with Crippen LogP contribution in [0.2, 0.25) is 0 Å². The molecule has 1 aliphatic rings. The molecule has 2 amide bonds. The molecule has 3 rings (SSSR count). The molecule has 1 saturated heterocycles. The summed E-state index contributed by atoms with van der Waals surface area (Å²) in [6.07, 6.45) is 0. The van der Waals surface area contributed by atoms with E-state index in [9.17, 15) is 9.59 Å². The number of rotatable bonds is 7. The van der Waals surface area contributed by atoms with E-state index in [0.717, 1.165) is 23.4 Å². The standard InChI is InChI=1S/C23H29N5O3.HI/c1-3-24-23(27-15-19-6-4-5-7-20(19)31-2)26-14-17-8-10-18(11-9-17)22(30)28-13-12-25-21(29)16-28;/h4-11H,3,12-16H2,1-2H3,(H,25,29)(H2,24,26,27);1H. The van der Waals surface area contributed by atoms with Crippen LogP contribution >= 0.6 is 24.0 Å². The molecular formula is C23H30IN5O3. The van der Waals surface area contributed by atoms with E-state index in [1.807, 2.05) is 43.3 Å². The Morgan fingerprint density at radius 3 is 2.59 bits per heavy atom. The number of guanidine groups is 1. The van der Waals surface area contributed by atoms with Gasteiger partial charge in [-0.15, -0.1) is 24.0 Å². The molecule has 8 nitrogen and oxygen atoms in total. The average Bonchev–Trinajstić information content (AvgIpc) is 2.81. The summed E-state index contributed by atoms with van der Waals surface area (Å²) < 4.78 is 5.39. The minimum atomic E-state index is -0.128. The number of aliphatic imine (C=N–C) groups is 1. The number of hydrogen-bond donors (Lipinski definition) is 3. The zero-order valence-electron chi connectivity index (χ0n) is 18.4. The van der Waals surface area contributed by atoms with E-state index in [2.05, 4.69) is 20.9 Å². The summed E-state index contributed by atoms with van der Waals surface area (Å²) in [6.45, 7) is 4.95. The lowest BCUT2D eigenvalue weighted by atomic mass is 10.1. The number of carbonyl (C=O) groups is 2. The Bertz CT molecular complexity index is 933. The van der Waals surface area contributed by atoms with Gasteiger partial charge >= 0.3 is 0 Å². The van der Waals surface area contributed by atoms with Crippen molar-refractivity contribution in [1.82, 2.24) is 20.9 Å². The third-order valence-electron chi connectivity index (χ3n) is 4.93. The molecule has 2 aromatic carbocycles. The number of halogens is 1. The number of carbonyl (C=O) groups excluding carboxylic acids is 2. The third kappa shape index (κ3) is 7.11. The number of para-hydroxylation sites is 1. The maximum atomic E-state index is 12.6. The first-order chi connectivity index (χ1) is 15.1. The Balaban J connectivity index is 0.00000363. The van der Waals surface area contributed by atoms with Gasteiger partial charge in [0.1, 0.15) is 5.75 Å². The lowest BCUT2D eigenvalue weighted by Gasteiger charge is -2.26. The molecule has 2 aromatic rings. The molecule has 1 fully saturated rings. The number of ether oxygens (including phenoxy) is 1. The van der Waals surface area contributed by atoms with Gasteiger partial charge in [-0.1, -0.05) is 30.3 Å². The van der Waals surface area contributed by atoms with Gasteiger partial charge in [-0.3, -0.25) is 9.59 Å². The normalized spacial score (nSPS) is 13.6. The van der Waals surface area contributed by atoms with Crippen molar-refractivity contribution in [3.63, 3.8) is 0 Å². The fraction of sp³-hybridized carbons (Fsp3) is 0.348. The maximum Gasteiger partial charge on any atom is 0.254 e. The Morgan fingerprint density at radius 1 is 1.16 bits per heavy atom. The third-order valence-corrected chi connectivity index (χ3v) is 4.93. The minimum Gasteiger partial charge on any atom is -0.496 e. The van der Waals surface area contributed by atoms with Crippen molar-refractivity contribution < 1.29 is 14.3 Å². The van der Waals surface area contributed by atoms with E-state index in [-0.39, 0.29) is 42.3 Å². The largest absolute Gasteiger partial charge is 0.496 e. The van der Waals surface area contributed by atoms with Crippen LogP contribution < -0.4 is 20.7 Å². The van der Waals surface area contributed by atoms with E-state index < -0.39 is 0 Å². The summed E-state index contributed by atoms with van der Waals surface area (Å²) in [7, 11) is 1.66. The molecule has 0 bridgehead atoms. The Kier molecular flexibility index (Phi) is 10.3. The molecule has 0 atom stereocenters. The molecule has 0 spiro atoms. The molecule has 172 valence electrons. The predicted molar refractivity (Wildman–Crippen MR) is 135 cm³/mol. The zero-order chi connectivity index (χ0) is 22.1. The highest BCUT2D eigenvalue weighted by molar-refractivity contribution is 14.0. The first-order valence-corrected chi connectivity index (χ1v) is 10.4. The molecule has 0 aliphatic carbocycles. The molecule has 1 heterocycles. The number of nitrogens with zero attached hydrogens (tertiary/aromatic N) is 2. The van der Waals surface area contributed by atoms with Crippen LogP contribution in [0.4, 0.5) is 0 Å². The molecule has 0 unspecified atom stereocenters. The first-order valence-electron chi connectivity index (χ1n) is 10.4. The quantitative estimate of drug-likeness (QED) is 0.279. The van der Waals surface area contributed by atoms with E-state index in [1.54, 1.807) is 24.1 Å². The number of benzene rings is 2. The van der Waals surface area contributed by atoms with Gasteiger partial charge < -0.3 is 25.6 Å². The average molecular weight is 551 g/mol. The Hall–Kier alpha value is -2.82. The first kappa shape index (κ1) is 25.4. The van der Waals surface area contributed by atoms with E-state index in [1.165, 1.54) is 0 Å². The number of amides is 2. The summed E-state index contributed by atoms with van der Waals surface area (Å²) in [4.78, 5) is 30.3. The van der Waals surface area contributed by atoms with Crippen LogP contribution in [0.5, 0.6) is 5.75 Å².